The van der Waals surface area contributed by atoms with Gasteiger partial charge in [-0.05, 0) is 11.6 Å². The normalized spacial score (nSPS) is 11.0. The molecule has 2 rings (SSSR count). The molecule has 1 aromatic heterocycles. The predicted molar refractivity (Wildman–Crippen MR) is 55.0 cm³/mol. The molecule has 5 heteroatoms. The Bertz CT molecular complexity index is 441. The maximum Gasteiger partial charge on any atom is 0.132 e. The molecule has 1 heterocycles. The van der Waals surface area contributed by atoms with Crippen LogP contribution in [0.2, 0.25) is 5.15 Å². The maximum absolute atomic E-state index is 5.97. The zero-order valence-electron chi connectivity index (χ0n) is 7.67. The zero-order chi connectivity index (χ0) is 9.97. The van der Waals surface area contributed by atoms with Gasteiger partial charge in [-0.3, -0.25) is 5.10 Å². The summed E-state index contributed by atoms with van der Waals surface area (Å²) in [5.41, 5.74) is 4.70. The monoisotopic (exact) mass is 211 g/mol. The van der Waals surface area contributed by atoms with Crippen LogP contribution in [0.15, 0.2) is 18.2 Å². The van der Waals surface area contributed by atoms with Crippen molar-refractivity contribution in [2.24, 2.45) is 0 Å². The van der Waals surface area contributed by atoms with Crippen LogP contribution >= 0.6 is 11.6 Å². The smallest absolute Gasteiger partial charge is 0.132 e. The number of fused-ring (bicyclic) bond motifs is 1. The van der Waals surface area contributed by atoms with E-state index in [2.05, 4.69) is 15.7 Å². The van der Waals surface area contributed by atoms with Crippen LogP contribution in [0.5, 0.6) is 0 Å². The van der Waals surface area contributed by atoms with E-state index in [0.717, 1.165) is 16.5 Å². The topological polar surface area (TPSA) is 49.9 Å². The molecule has 0 saturated heterocycles. The molecular weight excluding hydrogens is 202 g/mol. The van der Waals surface area contributed by atoms with E-state index in [0.29, 0.717) is 11.7 Å². The van der Waals surface area contributed by atoms with Crippen LogP contribution in [0.1, 0.15) is 5.56 Å². The molecule has 0 bridgehead atoms. The molecular formula is C9H10ClN3O. The quantitative estimate of drug-likeness (QED) is 0.763. The van der Waals surface area contributed by atoms with Gasteiger partial charge in [-0.2, -0.15) is 10.6 Å². The molecule has 0 fully saturated rings. The fourth-order valence-corrected chi connectivity index (χ4v) is 1.66. The van der Waals surface area contributed by atoms with Crippen molar-refractivity contribution < 1.29 is 4.84 Å². The highest BCUT2D eigenvalue weighted by Gasteiger charge is 2.07. The Hall–Kier alpha value is -1.10. The first-order valence-corrected chi connectivity index (χ1v) is 4.58. The number of hydrogen-bond acceptors (Lipinski definition) is 3. The molecule has 0 unspecified atom stereocenters. The summed E-state index contributed by atoms with van der Waals surface area (Å²) in [5, 5.41) is 8.31. The van der Waals surface area contributed by atoms with Gasteiger partial charge >= 0.3 is 0 Å². The summed E-state index contributed by atoms with van der Waals surface area (Å²) in [6, 6.07) is 5.83. The molecule has 2 aromatic rings. The number of nitrogens with one attached hydrogen (secondary N) is 2. The Morgan fingerprint density at radius 1 is 1.57 bits per heavy atom. The Labute approximate surface area is 86.2 Å². The van der Waals surface area contributed by atoms with E-state index in [-0.39, 0.29) is 0 Å². The van der Waals surface area contributed by atoms with Crippen molar-refractivity contribution in [3.05, 3.63) is 28.9 Å². The van der Waals surface area contributed by atoms with Gasteiger partial charge in [-0.25, -0.2) is 0 Å². The van der Waals surface area contributed by atoms with Gasteiger partial charge in [0.25, 0.3) is 0 Å². The van der Waals surface area contributed by atoms with E-state index in [1.54, 1.807) is 7.11 Å². The molecule has 0 aliphatic rings. The number of aromatic amines is 1. The summed E-state index contributed by atoms with van der Waals surface area (Å²) in [4.78, 5) is 4.79. The van der Waals surface area contributed by atoms with Crippen molar-refractivity contribution in [1.29, 1.82) is 0 Å². The van der Waals surface area contributed by atoms with Crippen LogP contribution in [0.25, 0.3) is 10.9 Å². The highest BCUT2D eigenvalue weighted by atomic mass is 35.5. The minimum atomic E-state index is 0.563. The van der Waals surface area contributed by atoms with Crippen LogP contribution in [0.4, 0.5) is 0 Å². The van der Waals surface area contributed by atoms with Gasteiger partial charge in [0.1, 0.15) is 5.15 Å². The van der Waals surface area contributed by atoms with E-state index in [4.69, 9.17) is 16.4 Å². The Balaban J connectivity index is 2.46. The second kappa shape index (κ2) is 3.96. The summed E-state index contributed by atoms with van der Waals surface area (Å²) >= 11 is 5.97. The lowest BCUT2D eigenvalue weighted by Gasteiger charge is -2.03. The molecule has 0 saturated carbocycles. The molecule has 74 valence electrons. The van der Waals surface area contributed by atoms with Gasteiger partial charge < -0.3 is 4.84 Å². The maximum atomic E-state index is 5.97. The zero-order valence-corrected chi connectivity index (χ0v) is 8.43. The minimum Gasteiger partial charge on any atom is -0.305 e. The number of nitrogens with zero attached hydrogens (tertiary/aromatic N) is 1. The van der Waals surface area contributed by atoms with Crippen molar-refractivity contribution in [2.45, 2.75) is 6.54 Å². The molecule has 0 atom stereocenters. The summed E-state index contributed by atoms with van der Waals surface area (Å²) in [6.45, 7) is 0.604. The number of aromatic nitrogens is 2. The van der Waals surface area contributed by atoms with E-state index >= 15 is 0 Å². The van der Waals surface area contributed by atoms with Crippen LogP contribution in [0.3, 0.4) is 0 Å². The van der Waals surface area contributed by atoms with Crippen molar-refractivity contribution in [1.82, 2.24) is 15.7 Å². The summed E-state index contributed by atoms with van der Waals surface area (Å²) in [6.07, 6.45) is 0. The third-order valence-corrected chi connectivity index (χ3v) is 2.30. The average molecular weight is 212 g/mol. The van der Waals surface area contributed by atoms with Gasteiger partial charge in [0, 0.05) is 11.9 Å². The van der Waals surface area contributed by atoms with Gasteiger partial charge in [-0.15, -0.1) is 0 Å². The van der Waals surface area contributed by atoms with Crippen LogP contribution < -0.4 is 5.48 Å². The fraction of sp³-hybridized carbons (Fsp3) is 0.222. The van der Waals surface area contributed by atoms with Gasteiger partial charge in [0.05, 0.1) is 12.6 Å². The number of hydroxylamine groups is 1. The summed E-state index contributed by atoms with van der Waals surface area (Å²) in [5.74, 6) is 0. The van der Waals surface area contributed by atoms with Gasteiger partial charge in [0.15, 0.2) is 0 Å². The summed E-state index contributed by atoms with van der Waals surface area (Å²) in [7, 11) is 1.58. The second-order valence-corrected chi connectivity index (χ2v) is 3.25. The second-order valence-electron chi connectivity index (χ2n) is 2.87. The standard InChI is InChI=1S/C9H10ClN3O/c1-14-11-5-6-3-2-4-7-8(6)9(10)13-12-7/h2-4,11H,5H2,1H3,(H,12,13). The number of benzene rings is 1. The van der Waals surface area contributed by atoms with Gasteiger partial charge in [-0.1, -0.05) is 23.7 Å². The Kier molecular flexibility index (Phi) is 2.67. The molecule has 4 nitrogen and oxygen atoms in total. The third kappa shape index (κ3) is 1.59. The lowest BCUT2D eigenvalue weighted by atomic mass is 10.1. The average Bonchev–Trinajstić information content (AvgIpc) is 2.58. The molecule has 1 aromatic carbocycles. The molecule has 0 aliphatic carbocycles. The van der Waals surface area contributed by atoms with E-state index in [9.17, 15) is 0 Å². The first kappa shape index (κ1) is 9.45. The Morgan fingerprint density at radius 3 is 3.21 bits per heavy atom. The minimum absolute atomic E-state index is 0.563. The lowest BCUT2D eigenvalue weighted by Crippen LogP contribution is -2.10. The largest absolute Gasteiger partial charge is 0.305 e. The molecule has 0 aliphatic heterocycles. The summed E-state index contributed by atoms with van der Waals surface area (Å²) < 4.78 is 0. The van der Waals surface area contributed by atoms with Crippen LogP contribution in [-0.2, 0) is 11.4 Å². The van der Waals surface area contributed by atoms with Crippen LogP contribution in [0, 0.1) is 0 Å². The number of H-pyrrole nitrogens is 1. The molecule has 2 N–H and O–H groups in total. The van der Waals surface area contributed by atoms with E-state index in [1.165, 1.54) is 0 Å². The van der Waals surface area contributed by atoms with Gasteiger partial charge in [0.2, 0.25) is 0 Å². The first-order chi connectivity index (χ1) is 6.83. The SMILES string of the molecule is CONCc1cccc2n[nH]c(Cl)c12. The number of rotatable bonds is 3. The Morgan fingerprint density at radius 2 is 2.43 bits per heavy atom. The van der Waals surface area contributed by atoms with Crippen molar-refractivity contribution in [3.8, 4) is 0 Å². The molecule has 0 amide bonds. The molecule has 0 spiro atoms. The van der Waals surface area contributed by atoms with E-state index < -0.39 is 0 Å². The van der Waals surface area contributed by atoms with Crippen molar-refractivity contribution >= 4 is 22.5 Å². The van der Waals surface area contributed by atoms with Crippen molar-refractivity contribution in [2.75, 3.05) is 7.11 Å². The molecule has 14 heavy (non-hydrogen) atoms. The highest BCUT2D eigenvalue weighted by Crippen LogP contribution is 2.23. The van der Waals surface area contributed by atoms with Crippen molar-refractivity contribution in [3.63, 3.8) is 0 Å². The van der Waals surface area contributed by atoms with Crippen LogP contribution in [-0.4, -0.2) is 17.3 Å². The fourth-order valence-electron chi connectivity index (χ4n) is 1.40. The predicted octanol–water partition coefficient (Wildman–Crippen LogP) is 1.87. The highest BCUT2D eigenvalue weighted by molar-refractivity contribution is 6.34. The third-order valence-electron chi connectivity index (χ3n) is 2.03. The van der Waals surface area contributed by atoms with E-state index in [1.807, 2.05) is 18.2 Å². The molecule has 0 radical (unpaired) electrons. The lowest BCUT2D eigenvalue weighted by molar-refractivity contribution is 0.0870. The first-order valence-electron chi connectivity index (χ1n) is 4.20. The number of hydrogen-bond donors (Lipinski definition) is 2. The number of halogens is 1.